The summed E-state index contributed by atoms with van der Waals surface area (Å²) in [6.07, 6.45) is 4.74. The maximum atomic E-state index is 5.66. The van der Waals surface area contributed by atoms with Crippen LogP contribution < -0.4 is 15.4 Å². The van der Waals surface area contributed by atoms with Crippen molar-refractivity contribution >= 4 is 5.69 Å². The molecule has 2 rings (SSSR count). The molecule has 1 aromatic carbocycles. The van der Waals surface area contributed by atoms with E-state index < -0.39 is 0 Å². The Kier molecular flexibility index (Phi) is 5.34. The van der Waals surface area contributed by atoms with Crippen LogP contribution in [0.2, 0.25) is 0 Å². The van der Waals surface area contributed by atoms with Gasteiger partial charge in [-0.05, 0) is 50.9 Å². The highest BCUT2D eigenvalue weighted by Gasteiger charge is 2.11. The molecular weight excluding hydrogens is 224 g/mol. The standard InChI is InChI=1S/C15H24N2O/c1-2-11-18-15-7-3-5-14(12-15)17-13-6-4-9-16-10-8-13/h3,5,7,12-13,16-17H,2,4,6,8-11H2,1H3. The van der Waals surface area contributed by atoms with Crippen molar-refractivity contribution < 1.29 is 4.74 Å². The third-order valence-corrected chi connectivity index (χ3v) is 3.25. The van der Waals surface area contributed by atoms with Crippen molar-refractivity contribution in [2.24, 2.45) is 0 Å². The number of hydrogen-bond acceptors (Lipinski definition) is 3. The van der Waals surface area contributed by atoms with E-state index in [9.17, 15) is 0 Å². The smallest absolute Gasteiger partial charge is 0.121 e. The van der Waals surface area contributed by atoms with Gasteiger partial charge in [-0.2, -0.15) is 0 Å². The molecule has 0 aliphatic carbocycles. The highest BCUT2D eigenvalue weighted by molar-refractivity contribution is 5.48. The Hall–Kier alpha value is -1.22. The lowest BCUT2D eigenvalue weighted by atomic mass is 10.1. The molecule has 3 nitrogen and oxygen atoms in total. The Morgan fingerprint density at radius 3 is 3.17 bits per heavy atom. The van der Waals surface area contributed by atoms with Crippen molar-refractivity contribution in [3.63, 3.8) is 0 Å². The van der Waals surface area contributed by atoms with E-state index in [0.29, 0.717) is 6.04 Å². The Bertz CT molecular complexity index is 346. The number of hydrogen-bond donors (Lipinski definition) is 2. The minimum absolute atomic E-state index is 0.585. The molecule has 1 fully saturated rings. The van der Waals surface area contributed by atoms with Crippen LogP contribution in [0.15, 0.2) is 24.3 Å². The molecule has 0 radical (unpaired) electrons. The molecule has 100 valence electrons. The summed E-state index contributed by atoms with van der Waals surface area (Å²) in [4.78, 5) is 0. The molecule has 0 aromatic heterocycles. The van der Waals surface area contributed by atoms with Gasteiger partial charge in [-0.25, -0.2) is 0 Å². The average Bonchev–Trinajstić information content (AvgIpc) is 2.65. The summed E-state index contributed by atoms with van der Waals surface area (Å²) in [7, 11) is 0. The lowest BCUT2D eigenvalue weighted by molar-refractivity contribution is 0.317. The van der Waals surface area contributed by atoms with Crippen LogP contribution in [0.3, 0.4) is 0 Å². The Balaban J connectivity index is 1.91. The van der Waals surface area contributed by atoms with E-state index in [2.05, 4.69) is 35.8 Å². The highest BCUT2D eigenvalue weighted by Crippen LogP contribution is 2.20. The summed E-state index contributed by atoms with van der Waals surface area (Å²) in [5.74, 6) is 0.966. The first-order chi connectivity index (χ1) is 8.88. The van der Waals surface area contributed by atoms with Crippen molar-refractivity contribution in [1.82, 2.24) is 5.32 Å². The zero-order valence-electron chi connectivity index (χ0n) is 11.2. The molecule has 3 heteroatoms. The number of rotatable bonds is 5. The third kappa shape index (κ3) is 4.22. The van der Waals surface area contributed by atoms with Gasteiger partial charge in [0.05, 0.1) is 6.61 Å². The maximum absolute atomic E-state index is 5.66. The first-order valence-electron chi connectivity index (χ1n) is 7.08. The summed E-state index contributed by atoms with van der Waals surface area (Å²) < 4.78 is 5.66. The van der Waals surface area contributed by atoms with Crippen molar-refractivity contribution in [3.8, 4) is 5.75 Å². The van der Waals surface area contributed by atoms with Crippen molar-refractivity contribution in [2.45, 2.75) is 38.6 Å². The first-order valence-corrected chi connectivity index (χ1v) is 7.08. The average molecular weight is 248 g/mol. The van der Waals surface area contributed by atoms with Gasteiger partial charge in [-0.1, -0.05) is 13.0 Å². The quantitative estimate of drug-likeness (QED) is 0.840. The molecule has 1 saturated heterocycles. The molecule has 0 spiro atoms. The maximum Gasteiger partial charge on any atom is 0.121 e. The molecule has 0 amide bonds. The van der Waals surface area contributed by atoms with E-state index >= 15 is 0 Å². The van der Waals surface area contributed by atoms with E-state index in [1.165, 1.54) is 24.9 Å². The number of anilines is 1. The number of ether oxygens (including phenoxy) is 1. The van der Waals surface area contributed by atoms with Crippen LogP contribution in [0, 0.1) is 0 Å². The largest absolute Gasteiger partial charge is 0.494 e. The monoisotopic (exact) mass is 248 g/mol. The summed E-state index contributed by atoms with van der Waals surface area (Å²) in [5, 5.41) is 7.06. The molecule has 0 saturated carbocycles. The van der Waals surface area contributed by atoms with Gasteiger partial charge in [0.2, 0.25) is 0 Å². The number of nitrogens with one attached hydrogen (secondary N) is 2. The second kappa shape index (κ2) is 7.27. The summed E-state index contributed by atoms with van der Waals surface area (Å²) in [5.41, 5.74) is 1.18. The molecule has 0 bridgehead atoms. The van der Waals surface area contributed by atoms with Gasteiger partial charge in [0.1, 0.15) is 5.75 Å². The van der Waals surface area contributed by atoms with Crippen LogP contribution in [-0.4, -0.2) is 25.7 Å². The van der Waals surface area contributed by atoms with Gasteiger partial charge < -0.3 is 15.4 Å². The second-order valence-electron chi connectivity index (χ2n) is 4.90. The van der Waals surface area contributed by atoms with E-state index in [4.69, 9.17) is 4.74 Å². The summed E-state index contributed by atoms with van der Waals surface area (Å²) in [6.45, 7) is 5.18. The molecule has 1 unspecified atom stereocenters. The van der Waals surface area contributed by atoms with Crippen LogP contribution in [0.4, 0.5) is 5.69 Å². The summed E-state index contributed by atoms with van der Waals surface area (Å²) >= 11 is 0. The molecular formula is C15H24N2O. The summed E-state index contributed by atoms with van der Waals surface area (Å²) in [6, 6.07) is 8.89. The van der Waals surface area contributed by atoms with Gasteiger partial charge in [-0.3, -0.25) is 0 Å². The minimum atomic E-state index is 0.585. The first kappa shape index (κ1) is 13.2. The normalized spacial score (nSPS) is 20.2. The minimum Gasteiger partial charge on any atom is -0.494 e. The Morgan fingerprint density at radius 1 is 1.33 bits per heavy atom. The highest BCUT2D eigenvalue weighted by atomic mass is 16.5. The molecule has 2 N–H and O–H groups in total. The van der Waals surface area contributed by atoms with E-state index in [-0.39, 0.29) is 0 Å². The molecule has 1 atom stereocenters. The van der Waals surface area contributed by atoms with Crippen LogP contribution >= 0.6 is 0 Å². The zero-order valence-corrected chi connectivity index (χ0v) is 11.2. The van der Waals surface area contributed by atoms with Gasteiger partial charge in [0.15, 0.2) is 0 Å². The zero-order chi connectivity index (χ0) is 12.6. The van der Waals surface area contributed by atoms with Crippen molar-refractivity contribution in [1.29, 1.82) is 0 Å². The van der Waals surface area contributed by atoms with Gasteiger partial charge in [0, 0.05) is 17.8 Å². The predicted octanol–water partition coefficient (Wildman–Crippen LogP) is 3.03. The predicted molar refractivity (Wildman–Crippen MR) is 76.4 cm³/mol. The topological polar surface area (TPSA) is 33.3 Å². The fraction of sp³-hybridized carbons (Fsp3) is 0.600. The Labute approximate surface area is 110 Å². The van der Waals surface area contributed by atoms with E-state index in [1.807, 2.05) is 6.07 Å². The van der Waals surface area contributed by atoms with E-state index in [0.717, 1.165) is 31.9 Å². The fourth-order valence-electron chi connectivity index (χ4n) is 2.29. The van der Waals surface area contributed by atoms with Gasteiger partial charge in [0.25, 0.3) is 0 Å². The second-order valence-corrected chi connectivity index (χ2v) is 4.90. The molecule has 1 aromatic rings. The van der Waals surface area contributed by atoms with Crippen LogP contribution in [-0.2, 0) is 0 Å². The van der Waals surface area contributed by atoms with Gasteiger partial charge in [-0.15, -0.1) is 0 Å². The number of benzene rings is 1. The van der Waals surface area contributed by atoms with E-state index in [1.54, 1.807) is 0 Å². The lowest BCUT2D eigenvalue weighted by Gasteiger charge is -2.18. The fourth-order valence-corrected chi connectivity index (χ4v) is 2.29. The van der Waals surface area contributed by atoms with Crippen molar-refractivity contribution in [2.75, 3.05) is 25.0 Å². The molecule has 18 heavy (non-hydrogen) atoms. The third-order valence-electron chi connectivity index (χ3n) is 3.25. The Morgan fingerprint density at radius 2 is 2.28 bits per heavy atom. The van der Waals surface area contributed by atoms with Crippen LogP contribution in [0.1, 0.15) is 32.6 Å². The molecule has 1 aliphatic rings. The van der Waals surface area contributed by atoms with Crippen molar-refractivity contribution in [3.05, 3.63) is 24.3 Å². The molecule has 1 aliphatic heterocycles. The SMILES string of the molecule is CCCOc1cccc(NC2CCCNCC2)c1. The van der Waals surface area contributed by atoms with Crippen LogP contribution in [0.25, 0.3) is 0 Å². The lowest BCUT2D eigenvalue weighted by Crippen LogP contribution is -2.21. The van der Waals surface area contributed by atoms with Crippen LogP contribution in [0.5, 0.6) is 5.75 Å². The molecule has 1 heterocycles. The van der Waals surface area contributed by atoms with Gasteiger partial charge >= 0.3 is 0 Å².